The molecule has 1 aliphatic rings. The Hall–Kier alpha value is -1.26. The van der Waals surface area contributed by atoms with Crippen LogP contribution < -0.4 is 15.2 Å². The van der Waals surface area contributed by atoms with Crippen LogP contribution in [0.1, 0.15) is 31.2 Å². The summed E-state index contributed by atoms with van der Waals surface area (Å²) in [7, 11) is 1.65. The van der Waals surface area contributed by atoms with Gasteiger partial charge in [-0.05, 0) is 31.7 Å². The predicted molar refractivity (Wildman–Crippen MR) is 74.6 cm³/mol. The Bertz CT molecular complexity index is 367. The molecule has 2 N–H and O–H groups in total. The summed E-state index contributed by atoms with van der Waals surface area (Å²) < 4.78 is 16.8. The van der Waals surface area contributed by atoms with Crippen LogP contribution in [0.2, 0.25) is 0 Å². The SMILES string of the molecule is COc1cccc(CN)c1OCCCC1CCCO1. The molecule has 1 atom stereocenters. The van der Waals surface area contributed by atoms with Gasteiger partial charge >= 0.3 is 0 Å². The second-order valence-electron chi connectivity index (χ2n) is 4.78. The number of hydrogen-bond acceptors (Lipinski definition) is 4. The molecule has 0 aliphatic carbocycles. The molecule has 0 spiro atoms. The van der Waals surface area contributed by atoms with E-state index in [1.807, 2.05) is 18.2 Å². The molecule has 0 bridgehead atoms. The molecule has 1 aromatic carbocycles. The van der Waals surface area contributed by atoms with E-state index >= 15 is 0 Å². The van der Waals surface area contributed by atoms with Gasteiger partial charge in [0.05, 0.1) is 19.8 Å². The van der Waals surface area contributed by atoms with Gasteiger partial charge in [0.15, 0.2) is 11.5 Å². The maximum atomic E-state index is 5.85. The molecule has 1 aromatic rings. The molecule has 19 heavy (non-hydrogen) atoms. The lowest BCUT2D eigenvalue weighted by Crippen LogP contribution is -2.09. The van der Waals surface area contributed by atoms with Crippen LogP contribution in [0.4, 0.5) is 0 Å². The van der Waals surface area contributed by atoms with Gasteiger partial charge in [0.25, 0.3) is 0 Å². The van der Waals surface area contributed by atoms with Crippen LogP contribution in [0, 0.1) is 0 Å². The van der Waals surface area contributed by atoms with Gasteiger partial charge in [0.1, 0.15) is 0 Å². The van der Waals surface area contributed by atoms with E-state index in [4.69, 9.17) is 19.9 Å². The molecular weight excluding hydrogens is 242 g/mol. The first-order valence-corrected chi connectivity index (χ1v) is 6.95. The van der Waals surface area contributed by atoms with E-state index in [-0.39, 0.29) is 0 Å². The highest BCUT2D eigenvalue weighted by molar-refractivity contribution is 5.46. The fourth-order valence-electron chi connectivity index (χ4n) is 2.40. The number of para-hydroxylation sites is 1. The van der Waals surface area contributed by atoms with Crippen molar-refractivity contribution in [3.8, 4) is 11.5 Å². The molecule has 1 heterocycles. The minimum absolute atomic E-state index is 0.426. The molecule has 1 saturated heterocycles. The fourth-order valence-corrected chi connectivity index (χ4v) is 2.40. The van der Waals surface area contributed by atoms with Crippen molar-refractivity contribution in [3.05, 3.63) is 23.8 Å². The Morgan fingerprint density at radius 2 is 2.32 bits per heavy atom. The fraction of sp³-hybridized carbons (Fsp3) is 0.600. The summed E-state index contributed by atoms with van der Waals surface area (Å²) in [6.45, 7) is 2.04. The molecule has 2 rings (SSSR count). The number of methoxy groups -OCH3 is 1. The average Bonchev–Trinajstić information content (AvgIpc) is 2.96. The van der Waals surface area contributed by atoms with Crippen LogP contribution in [-0.4, -0.2) is 26.4 Å². The first kappa shape index (κ1) is 14.2. The lowest BCUT2D eigenvalue weighted by Gasteiger charge is -2.15. The molecule has 0 aromatic heterocycles. The van der Waals surface area contributed by atoms with Crippen LogP contribution in [0.25, 0.3) is 0 Å². The predicted octanol–water partition coefficient (Wildman–Crippen LogP) is 2.49. The van der Waals surface area contributed by atoms with E-state index < -0.39 is 0 Å². The summed E-state index contributed by atoms with van der Waals surface area (Å²) in [6.07, 6.45) is 4.85. The van der Waals surface area contributed by atoms with Gasteiger partial charge < -0.3 is 19.9 Å². The molecule has 1 unspecified atom stereocenters. The van der Waals surface area contributed by atoms with E-state index in [0.29, 0.717) is 19.3 Å². The van der Waals surface area contributed by atoms with Crippen LogP contribution >= 0.6 is 0 Å². The average molecular weight is 265 g/mol. The first-order valence-electron chi connectivity index (χ1n) is 6.95. The quantitative estimate of drug-likeness (QED) is 0.770. The minimum Gasteiger partial charge on any atom is -0.493 e. The largest absolute Gasteiger partial charge is 0.493 e. The number of nitrogens with two attached hydrogens (primary N) is 1. The first-order chi connectivity index (χ1) is 9.35. The minimum atomic E-state index is 0.426. The van der Waals surface area contributed by atoms with Gasteiger partial charge in [-0.15, -0.1) is 0 Å². The summed E-state index contributed by atoms with van der Waals surface area (Å²) in [5.74, 6) is 1.53. The van der Waals surface area contributed by atoms with Crippen LogP contribution in [0.3, 0.4) is 0 Å². The number of hydrogen-bond donors (Lipinski definition) is 1. The van der Waals surface area contributed by atoms with Crippen molar-refractivity contribution in [3.63, 3.8) is 0 Å². The zero-order chi connectivity index (χ0) is 13.5. The van der Waals surface area contributed by atoms with Gasteiger partial charge in [-0.1, -0.05) is 12.1 Å². The van der Waals surface area contributed by atoms with Gasteiger partial charge in [-0.3, -0.25) is 0 Å². The lowest BCUT2D eigenvalue weighted by molar-refractivity contribution is 0.0979. The third-order valence-electron chi connectivity index (χ3n) is 3.44. The van der Waals surface area contributed by atoms with E-state index in [1.54, 1.807) is 7.11 Å². The highest BCUT2D eigenvalue weighted by Crippen LogP contribution is 2.31. The molecule has 0 radical (unpaired) electrons. The van der Waals surface area contributed by atoms with Crippen molar-refractivity contribution >= 4 is 0 Å². The van der Waals surface area contributed by atoms with Crippen LogP contribution in [0.15, 0.2) is 18.2 Å². The van der Waals surface area contributed by atoms with Crippen LogP contribution in [0.5, 0.6) is 11.5 Å². The molecule has 4 heteroatoms. The number of ether oxygens (including phenoxy) is 3. The molecule has 4 nitrogen and oxygen atoms in total. The smallest absolute Gasteiger partial charge is 0.165 e. The van der Waals surface area contributed by atoms with Crippen LogP contribution in [-0.2, 0) is 11.3 Å². The maximum Gasteiger partial charge on any atom is 0.165 e. The summed E-state index contributed by atoms with van der Waals surface area (Å²) in [5, 5.41) is 0. The number of rotatable bonds is 7. The summed E-state index contributed by atoms with van der Waals surface area (Å²) in [5.41, 5.74) is 6.71. The summed E-state index contributed by atoms with van der Waals surface area (Å²) in [4.78, 5) is 0. The summed E-state index contributed by atoms with van der Waals surface area (Å²) >= 11 is 0. The molecule has 106 valence electrons. The van der Waals surface area contributed by atoms with E-state index in [1.165, 1.54) is 12.8 Å². The Morgan fingerprint density at radius 3 is 3.00 bits per heavy atom. The highest BCUT2D eigenvalue weighted by Gasteiger charge is 2.15. The Morgan fingerprint density at radius 1 is 1.42 bits per heavy atom. The zero-order valence-corrected chi connectivity index (χ0v) is 11.6. The van der Waals surface area contributed by atoms with Crippen molar-refractivity contribution in [2.75, 3.05) is 20.3 Å². The molecular formula is C15H23NO3. The summed E-state index contributed by atoms with van der Waals surface area (Å²) in [6, 6.07) is 5.80. The van der Waals surface area contributed by atoms with Crippen molar-refractivity contribution in [2.24, 2.45) is 5.73 Å². The van der Waals surface area contributed by atoms with Gasteiger partial charge in [-0.2, -0.15) is 0 Å². The maximum absolute atomic E-state index is 5.85. The van der Waals surface area contributed by atoms with Crippen molar-refractivity contribution < 1.29 is 14.2 Å². The molecule has 1 aliphatic heterocycles. The molecule has 0 amide bonds. The Balaban J connectivity index is 1.83. The normalized spacial score (nSPS) is 18.5. The third kappa shape index (κ3) is 3.85. The zero-order valence-electron chi connectivity index (χ0n) is 11.6. The van der Waals surface area contributed by atoms with Gasteiger partial charge in [0, 0.05) is 18.7 Å². The second kappa shape index (κ2) is 7.36. The van der Waals surface area contributed by atoms with E-state index in [0.717, 1.165) is 36.5 Å². The second-order valence-corrected chi connectivity index (χ2v) is 4.78. The Kier molecular flexibility index (Phi) is 5.48. The molecule has 1 fully saturated rings. The monoisotopic (exact) mass is 265 g/mol. The standard InChI is InChI=1S/C15H23NO3/c1-17-14-8-2-5-12(11-16)15(14)19-10-4-7-13-6-3-9-18-13/h2,5,8,13H,3-4,6-7,9-11,16H2,1H3. The van der Waals surface area contributed by atoms with Gasteiger partial charge in [-0.25, -0.2) is 0 Å². The Labute approximate surface area is 114 Å². The van der Waals surface area contributed by atoms with Crippen molar-refractivity contribution in [1.82, 2.24) is 0 Å². The lowest BCUT2D eigenvalue weighted by atomic mass is 10.1. The molecule has 0 saturated carbocycles. The van der Waals surface area contributed by atoms with Gasteiger partial charge in [0.2, 0.25) is 0 Å². The third-order valence-corrected chi connectivity index (χ3v) is 3.44. The number of benzene rings is 1. The van der Waals surface area contributed by atoms with Crippen molar-refractivity contribution in [1.29, 1.82) is 0 Å². The van der Waals surface area contributed by atoms with Crippen molar-refractivity contribution in [2.45, 2.75) is 38.3 Å². The highest BCUT2D eigenvalue weighted by atomic mass is 16.5. The van der Waals surface area contributed by atoms with E-state index in [2.05, 4.69) is 0 Å². The topological polar surface area (TPSA) is 53.7 Å². The van der Waals surface area contributed by atoms with E-state index in [9.17, 15) is 0 Å².